The van der Waals surface area contributed by atoms with Crippen LogP contribution >= 0.6 is 0 Å². The molecule has 3 aliphatic heterocycles. The van der Waals surface area contributed by atoms with Crippen LogP contribution in [-0.2, 0) is 62.4 Å². The number of carbonyl (C=O) groups is 6. The van der Waals surface area contributed by atoms with Gasteiger partial charge in [0.15, 0.2) is 0 Å². The highest BCUT2D eigenvalue weighted by molar-refractivity contribution is 6.02. The van der Waals surface area contributed by atoms with Crippen LogP contribution in [0, 0.1) is 30.1 Å². The minimum absolute atomic E-state index is 0.137. The predicted molar refractivity (Wildman–Crippen MR) is 269 cm³/mol. The average molecular weight is 959 g/mol. The molecule has 13 heteroatoms. The third kappa shape index (κ3) is 9.23. The highest BCUT2D eigenvalue weighted by atomic mass is 16.5. The smallest absolute Gasteiger partial charge is 0.338 e. The molecule has 5 aromatic rings. The molecule has 4 amide bonds. The number of aryl methyl sites for hydroxylation is 5. The van der Waals surface area contributed by atoms with Gasteiger partial charge < -0.3 is 24.6 Å². The van der Waals surface area contributed by atoms with Gasteiger partial charge in [-0.05, 0) is 167 Å². The number of nitrogens with one attached hydrogen (secondary N) is 2. The van der Waals surface area contributed by atoms with Crippen LogP contribution in [0.3, 0.4) is 0 Å². The van der Waals surface area contributed by atoms with Crippen molar-refractivity contribution in [3.63, 3.8) is 0 Å². The number of anilines is 2. The molecular formula is C58H62N4O9. The van der Waals surface area contributed by atoms with Crippen LogP contribution in [0.15, 0.2) is 103 Å². The van der Waals surface area contributed by atoms with Crippen molar-refractivity contribution < 1.29 is 43.4 Å². The molecular weight excluding hydrogens is 897 g/mol. The summed E-state index contributed by atoms with van der Waals surface area (Å²) in [4.78, 5) is 78.6. The first-order valence-electron chi connectivity index (χ1n) is 24.7. The quantitative estimate of drug-likeness (QED) is 0.0893. The molecule has 0 radical (unpaired) electrons. The lowest BCUT2D eigenvalue weighted by atomic mass is 9.69. The first kappa shape index (κ1) is 48.9. The second-order valence-corrected chi connectivity index (χ2v) is 20.2. The maximum atomic E-state index is 13.3. The minimum atomic E-state index is -0.514. The van der Waals surface area contributed by atoms with E-state index in [2.05, 4.69) is 11.4 Å². The number of hydrogen-bond donors (Lipinski definition) is 3. The molecule has 3 heterocycles. The number of esters is 2. The van der Waals surface area contributed by atoms with Crippen molar-refractivity contribution in [2.75, 3.05) is 43.7 Å². The molecule has 6 aliphatic rings. The zero-order valence-corrected chi connectivity index (χ0v) is 41.0. The van der Waals surface area contributed by atoms with E-state index in [0.717, 1.165) is 105 Å². The van der Waals surface area contributed by atoms with E-state index in [1.54, 1.807) is 23.7 Å². The van der Waals surface area contributed by atoms with Crippen molar-refractivity contribution in [1.82, 2.24) is 10.8 Å². The summed E-state index contributed by atoms with van der Waals surface area (Å²) < 4.78 is 9.79. The summed E-state index contributed by atoms with van der Waals surface area (Å²) in [7, 11) is 2.79. The van der Waals surface area contributed by atoms with E-state index in [0.29, 0.717) is 42.5 Å². The number of benzene rings is 5. The molecule has 3 atom stereocenters. The number of carbonyl (C=O) groups excluding carboxylic acids is 6. The fourth-order valence-electron chi connectivity index (χ4n) is 12.0. The van der Waals surface area contributed by atoms with Crippen molar-refractivity contribution >= 4 is 46.9 Å². The largest absolute Gasteiger partial charge is 0.465 e. The number of hydroxylamine groups is 1. The van der Waals surface area contributed by atoms with Crippen LogP contribution in [0.1, 0.15) is 114 Å². The summed E-state index contributed by atoms with van der Waals surface area (Å²) >= 11 is 0. The average Bonchev–Trinajstić information content (AvgIpc) is 4.02. The van der Waals surface area contributed by atoms with E-state index in [9.17, 15) is 28.8 Å². The molecule has 11 rings (SSSR count). The summed E-state index contributed by atoms with van der Waals surface area (Å²) in [6.45, 7) is 6.25. The van der Waals surface area contributed by atoms with Gasteiger partial charge in [0.1, 0.15) is 0 Å². The fraction of sp³-hybridized carbons (Fsp3) is 0.379. The Kier molecular flexibility index (Phi) is 13.7. The van der Waals surface area contributed by atoms with Gasteiger partial charge in [-0.2, -0.15) is 0 Å². The zero-order valence-electron chi connectivity index (χ0n) is 41.0. The fourth-order valence-corrected chi connectivity index (χ4v) is 12.0. The second kappa shape index (κ2) is 19.9. The molecule has 13 nitrogen and oxygen atoms in total. The van der Waals surface area contributed by atoms with Gasteiger partial charge in [0, 0.05) is 36.6 Å². The molecule has 71 heavy (non-hydrogen) atoms. The van der Waals surface area contributed by atoms with Crippen LogP contribution in [0.2, 0.25) is 0 Å². The Morgan fingerprint density at radius 3 is 1.32 bits per heavy atom. The van der Waals surface area contributed by atoms with Gasteiger partial charge in [0.2, 0.25) is 17.7 Å². The number of fused-ring (bicyclic) bond motifs is 3. The first-order chi connectivity index (χ1) is 34.2. The Hall–Kier alpha value is -7.12. The van der Waals surface area contributed by atoms with Gasteiger partial charge in [0.05, 0.1) is 41.6 Å². The summed E-state index contributed by atoms with van der Waals surface area (Å²) in [5.41, 5.74) is 12.8. The van der Waals surface area contributed by atoms with Gasteiger partial charge in [-0.25, -0.2) is 15.1 Å². The Morgan fingerprint density at radius 2 is 0.930 bits per heavy atom. The van der Waals surface area contributed by atoms with E-state index in [1.165, 1.54) is 36.5 Å². The Morgan fingerprint density at radius 1 is 0.535 bits per heavy atom. The highest BCUT2D eigenvalue weighted by Crippen LogP contribution is 2.48. The predicted octanol–water partition coefficient (Wildman–Crippen LogP) is 8.19. The Labute approximate surface area is 414 Å². The zero-order chi connectivity index (χ0) is 50.1. The SMILES string of the molecule is COC(=O)c1cccc2c1CC1(CC2)CCN(c2ccc(C)cc2)C1=O.COC(=O)c1cccc2c1CC1(CCNC1=O)CC2.Cc1ccc(N2CCC3(CCc4cccc(C(=O)NO)c4C3)C2=O)cc1. The van der Waals surface area contributed by atoms with E-state index in [-0.39, 0.29) is 35.1 Å². The Balaban J connectivity index is 0.000000134. The molecule has 0 aromatic heterocycles. The molecule has 3 saturated heterocycles. The molecule has 0 bridgehead atoms. The molecule has 0 saturated carbocycles. The first-order valence-corrected chi connectivity index (χ1v) is 24.7. The number of amides is 4. The van der Waals surface area contributed by atoms with E-state index < -0.39 is 16.7 Å². The number of nitrogens with zero attached hydrogens (tertiary/aromatic N) is 2. The molecule has 368 valence electrons. The molecule has 3 unspecified atom stereocenters. The summed E-state index contributed by atoms with van der Waals surface area (Å²) in [5, 5.41) is 12.0. The van der Waals surface area contributed by atoms with Crippen LogP contribution in [0.5, 0.6) is 0 Å². The molecule has 3 spiro atoms. The van der Waals surface area contributed by atoms with Gasteiger partial charge >= 0.3 is 11.9 Å². The van der Waals surface area contributed by atoms with Crippen molar-refractivity contribution in [2.24, 2.45) is 16.2 Å². The second-order valence-electron chi connectivity index (χ2n) is 20.2. The third-order valence-electron chi connectivity index (χ3n) is 16.2. The van der Waals surface area contributed by atoms with Crippen LogP contribution < -0.4 is 20.6 Å². The van der Waals surface area contributed by atoms with E-state index in [1.807, 2.05) is 103 Å². The maximum absolute atomic E-state index is 13.3. The summed E-state index contributed by atoms with van der Waals surface area (Å²) in [6, 6.07) is 33.2. The highest BCUT2D eigenvalue weighted by Gasteiger charge is 2.51. The van der Waals surface area contributed by atoms with E-state index >= 15 is 0 Å². The number of methoxy groups -OCH3 is 2. The standard InChI is InChI=1S/C22H23NO3.C21H22N2O3.C15H17NO3/c1-15-6-8-17(9-7-15)23-13-12-22(21(23)25)11-10-16-4-3-5-18(19(16)14-22)20(24)26-2;1-14-5-7-16(8-6-14)23-12-11-21(20(23)25)10-9-15-3-2-4-17(18(15)13-21)19(24)22-26;1-19-13(17)11-4-2-3-10-5-6-15(9-12(10)11)7-8-16-14(15)18/h3-9H,10-14H2,1-2H3;2-8,26H,9-13H2,1H3,(H,22,24);2-4H,5-9H2,1H3,(H,16,18). The number of rotatable bonds is 5. The van der Waals surface area contributed by atoms with Gasteiger partial charge in [-0.3, -0.25) is 24.4 Å². The van der Waals surface area contributed by atoms with Crippen LogP contribution in [-0.4, -0.2) is 74.6 Å². The Bertz CT molecular complexity index is 2770. The number of ether oxygens (including phenoxy) is 2. The molecule has 3 N–H and O–H groups in total. The molecule has 3 aliphatic carbocycles. The normalized spacial score (nSPS) is 22.6. The lowest BCUT2D eigenvalue weighted by molar-refractivity contribution is -0.128. The topological polar surface area (TPSA) is 172 Å². The molecule has 5 aromatic carbocycles. The lowest BCUT2D eigenvalue weighted by Gasteiger charge is -2.34. The van der Waals surface area contributed by atoms with Crippen molar-refractivity contribution in [1.29, 1.82) is 0 Å². The minimum Gasteiger partial charge on any atom is -0.465 e. The van der Waals surface area contributed by atoms with Crippen molar-refractivity contribution in [3.05, 3.63) is 164 Å². The maximum Gasteiger partial charge on any atom is 0.338 e. The monoisotopic (exact) mass is 958 g/mol. The van der Waals surface area contributed by atoms with Gasteiger partial charge in [-0.1, -0.05) is 71.8 Å². The van der Waals surface area contributed by atoms with Crippen LogP contribution in [0.4, 0.5) is 11.4 Å². The number of hydrogen-bond acceptors (Lipinski definition) is 9. The van der Waals surface area contributed by atoms with Crippen molar-refractivity contribution in [2.45, 2.75) is 90.9 Å². The summed E-state index contributed by atoms with van der Waals surface area (Å²) in [6.07, 6.45) is 9.26. The summed E-state index contributed by atoms with van der Waals surface area (Å²) in [5.74, 6) is -0.678. The van der Waals surface area contributed by atoms with E-state index in [4.69, 9.17) is 14.7 Å². The van der Waals surface area contributed by atoms with Gasteiger partial charge in [-0.15, -0.1) is 0 Å². The molecule has 3 fully saturated rings. The van der Waals surface area contributed by atoms with Gasteiger partial charge in [0.25, 0.3) is 5.91 Å². The lowest BCUT2D eigenvalue weighted by Crippen LogP contribution is -2.39. The van der Waals surface area contributed by atoms with Crippen LogP contribution in [0.25, 0.3) is 0 Å². The van der Waals surface area contributed by atoms with Crippen molar-refractivity contribution in [3.8, 4) is 0 Å². The third-order valence-corrected chi connectivity index (χ3v) is 16.2.